The maximum Gasteiger partial charge on any atom is 0.194 e. The summed E-state index contributed by atoms with van der Waals surface area (Å²) < 4.78 is 7.32. The van der Waals surface area contributed by atoms with Crippen molar-refractivity contribution in [2.24, 2.45) is 0 Å². The quantitative estimate of drug-likeness (QED) is 0.592. The van der Waals surface area contributed by atoms with Crippen LogP contribution in [0.25, 0.3) is 11.3 Å². The molecule has 0 saturated heterocycles. The van der Waals surface area contributed by atoms with Crippen LogP contribution in [0.3, 0.4) is 0 Å². The van der Waals surface area contributed by atoms with E-state index in [2.05, 4.69) is 6.07 Å². The van der Waals surface area contributed by atoms with Crippen LogP contribution < -0.4 is 10.3 Å². The molecular weight excluding hydrogens is 359 g/mol. The van der Waals surface area contributed by atoms with E-state index in [1.54, 1.807) is 22.4 Å². The van der Waals surface area contributed by atoms with Crippen LogP contribution in [-0.2, 0) is 39.3 Å². The predicted octanol–water partition coefficient (Wildman–Crippen LogP) is 3.34. The van der Waals surface area contributed by atoms with Crippen LogP contribution in [0.2, 0.25) is 0 Å². The Morgan fingerprint density at radius 1 is 1.33 bits per heavy atom. The van der Waals surface area contributed by atoms with Gasteiger partial charge in [-0.05, 0) is 25.3 Å². The minimum atomic E-state index is 0. The fraction of sp³-hybridized carbons (Fsp3) is 0.312. The van der Waals surface area contributed by atoms with E-state index in [0.29, 0.717) is 12.5 Å². The van der Waals surface area contributed by atoms with Gasteiger partial charge < -0.3 is 9.30 Å². The zero-order valence-electron chi connectivity index (χ0n) is 12.6. The molecule has 2 aromatic rings. The normalized spacial score (nSPS) is 10.0. The molecule has 5 heteroatoms. The Bertz CT molecular complexity index is 655. The average Bonchev–Trinajstić information content (AvgIpc) is 2.45. The first-order valence-corrected chi connectivity index (χ1v) is 7.91. The third kappa shape index (κ3) is 4.44. The second kappa shape index (κ2) is 8.77. The van der Waals surface area contributed by atoms with Crippen LogP contribution in [0.5, 0.6) is 5.75 Å². The van der Waals surface area contributed by atoms with Gasteiger partial charge in [0.05, 0.1) is 0 Å². The second-order valence-electron chi connectivity index (χ2n) is 4.44. The molecule has 3 nitrogen and oxygen atoms in total. The van der Waals surface area contributed by atoms with Crippen molar-refractivity contribution < 1.29 is 37.4 Å². The van der Waals surface area contributed by atoms with Gasteiger partial charge in [-0.25, -0.2) is 0 Å². The molecule has 0 fully saturated rings. The van der Waals surface area contributed by atoms with Crippen LogP contribution in [0.15, 0.2) is 35.1 Å². The van der Waals surface area contributed by atoms with E-state index in [1.807, 2.05) is 38.3 Å². The first-order chi connectivity index (χ1) is 9.67. The number of thioether (sulfide) groups is 1. The molecule has 0 amide bonds. The van der Waals surface area contributed by atoms with Crippen LogP contribution in [0.1, 0.15) is 12.5 Å². The summed E-state index contributed by atoms with van der Waals surface area (Å²) in [6.45, 7) is 4.62. The van der Waals surface area contributed by atoms with Crippen molar-refractivity contribution in [3.63, 3.8) is 0 Å². The summed E-state index contributed by atoms with van der Waals surface area (Å²) in [5.41, 5.74) is 2.92. The molecule has 0 spiro atoms. The Morgan fingerprint density at radius 3 is 2.71 bits per heavy atom. The van der Waals surface area contributed by atoms with Gasteiger partial charge in [0.15, 0.2) is 5.56 Å². The Hall–Kier alpha value is -0.576. The number of aromatic nitrogens is 1. The smallest absolute Gasteiger partial charge is 0.194 e. The van der Waals surface area contributed by atoms with Crippen molar-refractivity contribution in [3.8, 4) is 17.0 Å². The van der Waals surface area contributed by atoms with Gasteiger partial charge in [-0.1, -0.05) is 29.8 Å². The molecule has 1 aromatic heterocycles. The molecule has 21 heavy (non-hydrogen) atoms. The molecule has 1 radical (unpaired) electrons. The van der Waals surface area contributed by atoms with Gasteiger partial charge >= 0.3 is 0 Å². The minimum absolute atomic E-state index is 0. The van der Waals surface area contributed by atoms with E-state index in [9.17, 15) is 4.79 Å². The molecule has 109 valence electrons. The molecule has 0 atom stereocenters. The summed E-state index contributed by atoms with van der Waals surface area (Å²) >= 11 is 1.64. The van der Waals surface area contributed by atoms with Crippen LogP contribution in [0.4, 0.5) is 0 Å². The number of benzene rings is 1. The van der Waals surface area contributed by atoms with Crippen molar-refractivity contribution in [3.05, 3.63) is 52.3 Å². The molecular formula is C16H18NO2SY-. The fourth-order valence-corrected chi connectivity index (χ4v) is 2.38. The molecule has 0 aliphatic carbocycles. The van der Waals surface area contributed by atoms with Gasteiger partial charge in [0, 0.05) is 39.3 Å². The third-order valence-corrected chi connectivity index (χ3v) is 3.45. The standard InChI is InChI=1S/C16H18NO2S.Y/c1-4-17-15(6-5-7-16(17)18)14-9-8-13(10-12(14)2)19-11-20-3;/h5,7-10H,4,11H2,1-3H3;/q-1;. The second-order valence-corrected chi connectivity index (χ2v) is 5.25. The summed E-state index contributed by atoms with van der Waals surface area (Å²) in [6, 6.07) is 12.3. The first-order valence-electron chi connectivity index (χ1n) is 6.51. The summed E-state index contributed by atoms with van der Waals surface area (Å²) in [4.78, 5) is 11.9. The SMILES string of the molecule is CCn1c(-c2ccc(OCSC)cc2C)[c-]ccc1=O.[Y]. The van der Waals surface area contributed by atoms with Gasteiger partial charge in [0.25, 0.3) is 0 Å². The molecule has 0 aliphatic heterocycles. The van der Waals surface area contributed by atoms with Crippen molar-refractivity contribution in [2.45, 2.75) is 20.4 Å². The summed E-state index contributed by atoms with van der Waals surface area (Å²) in [6.07, 6.45) is 2.00. The fourth-order valence-electron chi connectivity index (χ4n) is 2.13. The molecule has 1 aromatic carbocycles. The number of nitrogens with zero attached hydrogens (tertiary/aromatic N) is 1. The monoisotopic (exact) mass is 377 g/mol. The number of rotatable bonds is 5. The molecule has 1 heterocycles. The van der Waals surface area contributed by atoms with Crippen LogP contribution in [0, 0.1) is 13.0 Å². The summed E-state index contributed by atoms with van der Waals surface area (Å²) in [5, 5.41) is 0. The van der Waals surface area contributed by atoms with E-state index < -0.39 is 0 Å². The van der Waals surface area contributed by atoms with Crippen molar-refractivity contribution in [2.75, 3.05) is 12.2 Å². The predicted molar refractivity (Wildman–Crippen MR) is 84.4 cm³/mol. The number of hydrogen-bond acceptors (Lipinski definition) is 3. The molecule has 0 unspecified atom stereocenters. The molecule has 0 aliphatic rings. The third-order valence-electron chi connectivity index (χ3n) is 3.09. The van der Waals surface area contributed by atoms with E-state index >= 15 is 0 Å². The van der Waals surface area contributed by atoms with Gasteiger partial charge in [-0.2, -0.15) is 12.1 Å². The topological polar surface area (TPSA) is 31.2 Å². The number of pyridine rings is 1. The van der Waals surface area contributed by atoms with Crippen molar-refractivity contribution >= 4 is 11.8 Å². The molecule has 2 rings (SSSR count). The Labute approximate surface area is 155 Å². The molecule has 0 N–H and O–H groups in total. The summed E-state index contributed by atoms with van der Waals surface area (Å²) in [7, 11) is 0. The van der Waals surface area contributed by atoms with E-state index in [-0.39, 0.29) is 38.3 Å². The zero-order valence-corrected chi connectivity index (χ0v) is 16.2. The average molecular weight is 377 g/mol. The Kier molecular flexibility index (Phi) is 7.71. The van der Waals surface area contributed by atoms with Crippen LogP contribution >= 0.6 is 11.8 Å². The Morgan fingerprint density at radius 2 is 2.10 bits per heavy atom. The maximum atomic E-state index is 11.9. The van der Waals surface area contributed by atoms with Gasteiger partial charge in [0.2, 0.25) is 0 Å². The summed E-state index contributed by atoms with van der Waals surface area (Å²) in [5.74, 6) is 1.48. The Balaban J connectivity index is 0.00000220. The number of ether oxygens (including phenoxy) is 1. The van der Waals surface area contributed by atoms with Gasteiger partial charge in [-0.15, -0.1) is 17.8 Å². The van der Waals surface area contributed by atoms with Gasteiger partial charge in [0.1, 0.15) is 11.7 Å². The zero-order chi connectivity index (χ0) is 14.5. The number of hydrogen-bond donors (Lipinski definition) is 0. The largest absolute Gasteiger partial charge is 0.483 e. The van der Waals surface area contributed by atoms with Crippen LogP contribution in [-0.4, -0.2) is 16.8 Å². The van der Waals surface area contributed by atoms with Gasteiger partial charge in [-0.3, -0.25) is 4.79 Å². The van der Waals surface area contributed by atoms with E-state index in [0.717, 1.165) is 22.6 Å². The maximum absolute atomic E-state index is 11.9. The van der Waals surface area contributed by atoms with E-state index in [1.165, 1.54) is 6.07 Å². The number of aryl methyl sites for hydroxylation is 1. The molecule has 0 bridgehead atoms. The minimum Gasteiger partial charge on any atom is -0.483 e. The first kappa shape index (κ1) is 18.5. The van der Waals surface area contributed by atoms with Crippen molar-refractivity contribution in [1.82, 2.24) is 4.57 Å². The van der Waals surface area contributed by atoms with Crippen molar-refractivity contribution in [1.29, 1.82) is 0 Å². The molecule has 0 saturated carbocycles. The van der Waals surface area contributed by atoms with E-state index in [4.69, 9.17) is 4.74 Å².